The van der Waals surface area contributed by atoms with Crippen LogP contribution in [0.2, 0.25) is 0 Å². The van der Waals surface area contributed by atoms with Crippen molar-refractivity contribution < 1.29 is 34.0 Å². The summed E-state index contributed by atoms with van der Waals surface area (Å²) >= 11 is 1.11. The van der Waals surface area contributed by atoms with Gasteiger partial charge in [0.25, 0.3) is 11.6 Å². The number of hydrogen-bond acceptors (Lipinski definition) is 9. The van der Waals surface area contributed by atoms with Crippen LogP contribution in [0.1, 0.15) is 48.9 Å². The van der Waals surface area contributed by atoms with Crippen LogP contribution in [0, 0.1) is 10.1 Å². The Kier molecular flexibility index (Phi) is 11.3. The highest BCUT2D eigenvalue weighted by Gasteiger charge is 2.31. The SMILES string of the molecule is NCCCC[C@@H]1NC(=O)[C@H](CCC(=O)O)NC(=O)c2cc([N+](=O)[O-])ccc2SCC[C@@H](C(N)=O)NC1=O. The zero-order valence-corrected chi connectivity index (χ0v) is 20.8. The Labute approximate surface area is 216 Å². The van der Waals surface area contributed by atoms with Crippen molar-refractivity contribution in [2.75, 3.05) is 12.3 Å². The molecule has 202 valence electrons. The van der Waals surface area contributed by atoms with E-state index in [0.717, 1.165) is 17.8 Å². The summed E-state index contributed by atoms with van der Waals surface area (Å²) in [4.78, 5) is 73.3. The molecular weight excluding hydrogens is 508 g/mol. The molecule has 0 spiro atoms. The number of nitrogens with zero attached hydrogens (tertiary/aromatic N) is 1. The molecule has 15 heteroatoms. The second kappa shape index (κ2) is 14.1. The molecule has 8 N–H and O–H groups in total. The van der Waals surface area contributed by atoms with Gasteiger partial charge >= 0.3 is 5.97 Å². The van der Waals surface area contributed by atoms with Crippen molar-refractivity contribution in [1.29, 1.82) is 0 Å². The third-order valence-corrected chi connectivity index (χ3v) is 6.70. The molecule has 0 saturated heterocycles. The predicted octanol–water partition coefficient (Wildman–Crippen LogP) is -0.362. The Balaban J connectivity index is 2.48. The van der Waals surface area contributed by atoms with Crippen molar-refractivity contribution in [1.82, 2.24) is 16.0 Å². The van der Waals surface area contributed by atoms with Crippen molar-refractivity contribution in [3.05, 3.63) is 33.9 Å². The summed E-state index contributed by atoms with van der Waals surface area (Å²) in [6, 6.07) is 0.0835. The lowest BCUT2D eigenvalue weighted by Crippen LogP contribution is -2.56. The Morgan fingerprint density at radius 2 is 1.76 bits per heavy atom. The summed E-state index contributed by atoms with van der Waals surface area (Å²) in [5, 5.41) is 27.9. The minimum absolute atomic E-state index is 0.0918. The maximum Gasteiger partial charge on any atom is 0.303 e. The fraction of sp³-hybridized carbons (Fsp3) is 0.500. The number of unbranched alkanes of at least 4 members (excludes halogenated alkanes) is 1. The number of nitrogens with one attached hydrogen (secondary N) is 3. The zero-order valence-electron chi connectivity index (χ0n) is 19.9. The van der Waals surface area contributed by atoms with Crippen molar-refractivity contribution in [3.63, 3.8) is 0 Å². The van der Waals surface area contributed by atoms with Crippen LogP contribution in [0.15, 0.2) is 23.1 Å². The quantitative estimate of drug-likeness (QED) is 0.135. The summed E-state index contributed by atoms with van der Waals surface area (Å²) in [5.41, 5.74) is 10.5. The number of carbonyl (C=O) groups is 5. The highest BCUT2D eigenvalue weighted by molar-refractivity contribution is 7.99. The summed E-state index contributed by atoms with van der Waals surface area (Å²) in [5.74, 6) is -4.10. The first-order valence-electron chi connectivity index (χ1n) is 11.6. The molecule has 14 nitrogen and oxygen atoms in total. The third kappa shape index (κ3) is 9.02. The number of nitro groups is 1. The first-order valence-corrected chi connectivity index (χ1v) is 12.6. The molecule has 2 rings (SSSR count). The van der Waals surface area contributed by atoms with E-state index in [2.05, 4.69) is 16.0 Å². The van der Waals surface area contributed by atoms with E-state index >= 15 is 0 Å². The smallest absolute Gasteiger partial charge is 0.303 e. The summed E-state index contributed by atoms with van der Waals surface area (Å²) in [6.45, 7) is 0.353. The van der Waals surface area contributed by atoms with Gasteiger partial charge in [-0.25, -0.2) is 0 Å². The van der Waals surface area contributed by atoms with Crippen LogP contribution in [-0.4, -0.2) is 70.1 Å². The topological polar surface area (TPSA) is 237 Å². The van der Waals surface area contributed by atoms with Gasteiger partial charge in [-0.3, -0.25) is 34.1 Å². The highest BCUT2D eigenvalue weighted by Crippen LogP contribution is 2.28. The van der Waals surface area contributed by atoms with Crippen LogP contribution < -0.4 is 27.4 Å². The summed E-state index contributed by atoms with van der Waals surface area (Å²) in [7, 11) is 0. The van der Waals surface area contributed by atoms with Gasteiger partial charge in [-0.15, -0.1) is 11.8 Å². The zero-order chi connectivity index (χ0) is 27.5. The number of hydrogen-bond donors (Lipinski definition) is 6. The van der Waals surface area contributed by atoms with E-state index in [1.165, 1.54) is 12.1 Å². The molecule has 4 amide bonds. The van der Waals surface area contributed by atoms with Gasteiger partial charge in [-0.05, 0) is 44.7 Å². The molecule has 1 heterocycles. The van der Waals surface area contributed by atoms with E-state index in [4.69, 9.17) is 16.6 Å². The van der Waals surface area contributed by atoms with E-state index < -0.39 is 59.1 Å². The van der Waals surface area contributed by atoms with Crippen LogP contribution in [-0.2, 0) is 19.2 Å². The molecule has 0 unspecified atom stereocenters. The number of carboxylic acids is 1. The lowest BCUT2D eigenvalue weighted by atomic mass is 10.0. The maximum atomic E-state index is 13.1. The molecule has 0 aliphatic carbocycles. The van der Waals surface area contributed by atoms with Gasteiger partial charge in [0.1, 0.15) is 18.1 Å². The molecular formula is C22H30N6O8S. The van der Waals surface area contributed by atoms with Crippen LogP contribution >= 0.6 is 11.8 Å². The second-order valence-electron chi connectivity index (χ2n) is 8.34. The summed E-state index contributed by atoms with van der Waals surface area (Å²) in [6.07, 6.45) is 0.519. The van der Waals surface area contributed by atoms with Gasteiger partial charge in [-0.1, -0.05) is 0 Å². The highest BCUT2D eigenvalue weighted by atomic mass is 32.2. The standard InChI is InChI=1S/C22H30N6O8S/c23-9-2-1-3-15-21(33)25-14(19(24)31)8-10-37-17-6-4-12(28(35)36)11-13(17)20(32)26-16(22(34)27-15)5-7-18(29)30/h4,6,11,14-16H,1-3,5,7-10,23H2,(H2,24,31)(H,25,33)(H,26,32)(H,27,34)(H,29,30)/t14-,15-,16-/m0/s1. The number of carbonyl (C=O) groups excluding carboxylic acids is 4. The van der Waals surface area contributed by atoms with E-state index in [1.807, 2.05) is 0 Å². The average Bonchev–Trinajstić information content (AvgIpc) is 2.84. The van der Waals surface area contributed by atoms with E-state index in [9.17, 15) is 34.1 Å². The Bertz CT molecular complexity index is 1050. The number of nitrogens with two attached hydrogens (primary N) is 2. The molecule has 3 atom stereocenters. The number of fused-ring (bicyclic) bond motifs is 1. The number of primary amides is 1. The van der Waals surface area contributed by atoms with Gasteiger partial charge in [0.2, 0.25) is 17.7 Å². The molecule has 0 aromatic heterocycles. The largest absolute Gasteiger partial charge is 0.481 e. The van der Waals surface area contributed by atoms with Crippen LogP contribution in [0.3, 0.4) is 0 Å². The van der Waals surface area contributed by atoms with Crippen LogP contribution in [0.5, 0.6) is 0 Å². The number of nitro benzene ring substituents is 1. The van der Waals surface area contributed by atoms with E-state index in [0.29, 0.717) is 24.3 Å². The lowest BCUT2D eigenvalue weighted by molar-refractivity contribution is -0.384. The first-order chi connectivity index (χ1) is 17.5. The van der Waals surface area contributed by atoms with Crippen LogP contribution in [0.25, 0.3) is 0 Å². The summed E-state index contributed by atoms with van der Waals surface area (Å²) < 4.78 is 0. The minimum Gasteiger partial charge on any atom is -0.481 e. The van der Waals surface area contributed by atoms with Crippen molar-refractivity contribution in [3.8, 4) is 0 Å². The minimum atomic E-state index is -1.36. The van der Waals surface area contributed by atoms with Crippen molar-refractivity contribution in [2.45, 2.75) is 61.5 Å². The number of aliphatic carboxylic acids is 1. The fourth-order valence-electron chi connectivity index (χ4n) is 3.59. The molecule has 1 aliphatic rings. The van der Waals surface area contributed by atoms with Gasteiger partial charge in [0, 0.05) is 29.2 Å². The average molecular weight is 539 g/mol. The molecule has 0 fully saturated rings. The number of benzene rings is 1. The van der Waals surface area contributed by atoms with E-state index in [1.54, 1.807) is 0 Å². The molecule has 0 radical (unpaired) electrons. The molecule has 0 saturated carbocycles. The third-order valence-electron chi connectivity index (χ3n) is 5.59. The van der Waals surface area contributed by atoms with Crippen molar-refractivity contribution in [2.24, 2.45) is 11.5 Å². The van der Waals surface area contributed by atoms with Gasteiger partial charge in [0.05, 0.1) is 10.5 Å². The molecule has 1 aromatic carbocycles. The number of non-ortho nitro benzene ring substituents is 1. The van der Waals surface area contributed by atoms with E-state index in [-0.39, 0.29) is 36.3 Å². The molecule has 0 bridgehead atoms. The van der Waals surface area contributed by atoms with Crippen molar-refractivity contribution >= 4 is 47.0 Å². The van der Waals surface area contributed by atoms with Gasteiger partial charge < -0.3 is 32.5 Å². The van der Waals surface area contributed by atoms with Gasteiger partial charge in [-0.2, -0.15) is 0 Å². The fourth-order valence-corrected chi connectivity index (χ4v) is 4.63. The molecule has 1 aromatic rings. The molecule has 1 aliphatic heterocycles. The molecule has 37 heavy (non-hydrogen) atoms. The predicted molar refractivity (Wildman–Crippen MR) is 133 cm³/mol. The van der Waals surface area contributed by atoms with Crippen LogP contribution in [0.4, 0.5) is 5.69 Å². The Morgan fingerprint density at radius 3 is 2.38 bits per heavy atom. The monoisotopic (exact) mass is 538 g/mol. The Hall–Kier alpha value is -3.72. The lowest BCUT2D eigenvalue weighted by Gasteiger charge is -2.25. The normalized spacial score (nSPS) is 21.0. The number of carboxylic acid groups (broad SMARTS) is 1. The number of amides is 4. The second-order valence-corrected chi connectivity index (χ2v) is 9.48. The number of thioether (sulfide) groups is 1. The first kappa shape index (κ1) is 29.5. The Morgan fingerprint density at radius 1 is 1.08 bits per heavy atom. The van der Waals surface area contributed by atoms with Gasteiger partial charge in [0.15, 0.2) is 0 Å². The number of rotatable bonds is 9. The maximum absolute atomic E-state index is 13.1.